The Morgan fingerprint density at radius 1 is 1.47 bits per heavy atom. The molecule has 0 atom stereocenters. The molecule has 0 aliphatic heterocycles. The van der Waals surface area contributed by atoms with E-state index < -0.39 is 0 Å². The number of carbonyl (C=O) groups excluding carboxylic acids is 1. The van der Waals surface area contributed by atoms with Gasteiger partial charge in [0.15, 0.2) is 0 Å². The molecule has 1 aromatic carbocycles. The third kappa shape index (κ3) is 2.35. The molecular formula is C12H12N4O3. The fraction of sp³-hybridized carbons (Fsp3) is 0.250. The summed E-state index contributed by atoms with van der Waals surface area (Å²) in [6.45, 7) is 0. The Kier molecular flexibility index (Phi) is 2.59. The molecule has 98 valence electrons. The van der Waals surface area contributed by atoms with Crippen LogP contribution in [0.2, 0.25) is 0 Å². The van der Waals surface area contributed by atoms with Crippen molar-refractivity contribution in [3.8, 4) is 17.2 Å². The second-order valence-electron chi connectivity index (χ2n) is 4.44. The summed E-state index contributed by atoms with van der Waals surface area (Å²) in [4.78, 5) is 15.7. The first kappa shape index (κ1) is 11.5. The fourth-order valence-electron chi connectivity index (χ4n) is 1.60. The smallest absolute Gasteiger partial charge is 0.292 e. The minimum atomic E-state index is -0.343. The Hall–Kier alpha value is -2.57. The van der Waals surface area contributed by atoms with Crippen LogP contribution in [0.1, 0.15) is 23.5 Å². The van der Waals surface area contributed by atoms with Crippen LogP contribution in [0.4, 0.5) is 5.69 Å². The second kappa shape index (κ2) is 4.27. The predicted molar refractivity (Wildman–Crippen MR) is 66.3 cm³/mol. The van der Waals surface area contributed by atoms with E-state index in [1.54, 1.807) is 6.07 Å². The van der Waals surface area contributed by atoms with E-state index in [2.05, 4.69) is 15.5 Å². The molecule has 1 saturated carbocycles. The molecule has 7 heteroatoms. The van der Waals surface area contributed by atoms with Crippen LogP contribution in [-0.4, -0.2) is 27.2 Å². The molecule has 0 unspecified atom stereocenters. The van der Waals surface area contributed by atoms with Gasteiger partial charge in [0.2, 0.25) is 0 Å². The highest BCUT2D eigenvalue weighted by atomic mass is 16.5. The first-order valence-corrected chi connectivity index (χ1v) is 5.87. The molecule has 2 aromatic rings. The van der Waals surface area contributed by atoms with Crippen molar-refractivity contribution in [3.63, 3.8) is 0 Å². The fourth-order valence-corrected chi connectivity index (χ4v) is 1.60. The maximum Gasteiger partial charge on any atom is 0.292 e. The predicted octanol–water partition coefficient (Wildman–Crippen LogP) is 0.917. The number of nitrogens with one attached hydrogen (secondary N) is 1. The molecule has 1 aliphatic carbocycles. The van der Waals surface area contributed by atoms with Crippen molar-refractivity contribution >= 4 is 11.6 Å². The zero-order valence-corrected chi connectivity index (χ0v) is 9.96. The molecular weight excluding hydrogens is 248 g/mol. The first-order chi connectivity index (χ1) is 9.13. The van der Waals surface area contributed by atoms with Crippen molar-refractivity contribution < 1.29 is 14.4 Å². The number of nitrogens with two attached hydrogens (primary N) is 1. The van der Waals surface area contributed by atoms with Crippen LogP contribution in [0.5, 0.6) is 5.75 Å². The first-order valence-electron chi connectivity index (χ1n) is 5.87. The van der Waals surface area contributed by atoms with Gasteiger partial charge in [-0.05, 0) is 31.0 Å². The van der Waals surface area contributed by atoms with Gasteiger partial charge in [0.25, 0.3) is 17.6 Å². The summed E-state index contributed by atoms with van der Waals surface area (Å²) in [7, 11) is 0. The lowest BCUT2D eigenvalue weighted by atomic mass is 10.2. The summed E-state index contributed by atoms with van der Waals surface area (Å²) in [6, 6.07) is 4.75. The van der Waals surface area contributed by atoms with Gasteiger partial charge in [-0.15, -0.1) is 0 Å². The number of anilines is 1. The lowest BCUT2D eigenvalue weighted by Gasteiger charge is -1.99. The van der Waals surface area contributed by atoms with Gasteiger partial charge < -0.3 is 20.7 Å². The van der Waals surface area contributed by atoms with E-state index in [0.717, 1.165) is 12.8 Å². The van der Waals surface area contributed by atoms with Crippen LogP contribution in [-0.2, 0) is 0 Å². The van der Waals surface area contributed by atoms with E-state index in [4.69, 9.17) is 10.3 Å². The van der Waals surface area contributed by atoms with Gasteiger partial charge in [-0.1, -0.05) is 5.16 Å². The molecule has 0 radical (unpaired) electrons. The van der Waals surface area contributed by atoms with Gasteiger partial charge in [0.1, 0.15) is 5.75 Å². The van der Waals surface area contributed by atoms with Crippen molar-refractivity contribution in [2.24, 2.45) is 0 Å². The summed E-state index contributed by atoms with van der Waals surface area (Å²) in [5.74, 6) is -0.180. The number of aromatic hydroxyl groups is 1. The summed E-state index contributed by atoms with van der Waals surface area (Å²) in [6.07, 6.45) is 1.98. The van der Waals surface area contributed by atoms with Crippen molar-refractivity contribution in [1.29, 1.82) is 0 Å². The maximum absolute atomic E-state index is 11.7. The normalized spacial score (nSPS) is 14.3. The Labute approximate surface area is 108 Å². The number of amides is 1. The SMILES string of the molecule is Nc1cc(-c2nc(C(=O)NC3CC3)no2)ccc1O. The monoisotopic (exact) mass is 260 g/mol. The molecule has 3 rings (SSSR count). The number of carbonyl (C=O) groups is 1. The molecule has 1 aliphatic rings. The number of phenols is 1. The van der Waals surface area contributed by atoms with Crippen LogP contribution in [0.15, 0.2) is 22.7 Å². The number of aromatic nitrogens is 2. The molecule has 1 heterocycles. The number of nitrogen functional groups attached to an aromatic ring is 1. The number of benzene rings is 1. The summed E-state index contributed by atoms with van der Waals surface area (Å²) in [5.41, 5.74) is 6.34. The summed E-state index contributed by atoms with van der Waals surface area (Å²) in [5, 5.41) is 15.7. The third-order valence-corrected chi connectivity index (χ3v) is 2.82. The van der Waals surface area contributed by atoms with Gasteiger partial charge in [0.05, 0.1) is 5.69 Å². The number of hydrogen-bond donors (Lipinski definition) is 3. The Bertz CT molecular complexity index is 634. The van der Waals surface area contributed by atoms with Crippen LogP contribution < -0.4 is 11.1 Å². The Morgan fingerprint density at radius 2 is 2.26 bits per heavy atom. The zero-order valence-electron chi connectivity index (χ0n) is 9.96. The third-order valence-electron chi connectivity index (χ3n) is 2.82. The minimum Gasteiger partial charge on any atom is -0.506 e. The lowest BCUT2D eigenvalue weighted by molar-refractivity contribution is 0.0937. The molecule has 1 fully saturated rings. The van der Waals surface area contributed by atoms with Gasteiger partial charge in [-0.2, -0.15) is 4.98 Å². The quantitative estimate of drug-likeness (QED) is 0.558. The van der Waals surface area contributed by atoms with Crippen LogP contribution >= 0.6 is 0 Å². The summed E-state index contributed by atoms with van der Waals surface area (Å²) >= 11 is 0. The number of phenolic OH excluding ortho intramolecular Hbond substituents is 1. The highest BCUT2D eigenvalue weighted by Gasteiger charge is 2.26. The molecule has 19 heavy (non-hydrogen) atoms. The van der Waals surface area contributed by atoms with E-state index in [-0.39, 0.29) is 35.1 Å². The van der Waals surface area contributed by atoms with Crippen molar-refractivity contribution in [2.75, 3.05) is 5.73 Å². The largest absolute Gasteiger partial charge is 0.506 e. The van der Waals surface area contributed by atoms with Gasteiger partial charge >= 0.3 is 0 Å². The van der Waals surface area contributed by atoms with Crippen LogP contribution in [0.25, 0.3) is 11.5 Å². The molecule has 7 nitrogen and oxygen atoms in total. The number of nitrogens with zero attached hydrogens (tertiary/aromatic N) is 2. The molecule has 1 amide bonds. The zero-order chi connectivity index (χ0) is 13.4. The number of rotatable bonds is 3. The van der Waals surface area contributed by atoms with Crippen molar-refractivity contribution in [2.45, 2.75) is 18.9 Å². The molecule has 0 saturated heterocycles. The standard InChI is InChI=1S/C12H12N4O3/c13-8-5-6(1-4-9(8)17)12-15-10(16-19-12)11(18)14-7-2-3-7/h1,4-5,7,17H,2-3,13H2,(H,14,18). The lowest BCUT2D eigenvalue weighted by Crippen LogP contribution is -2.26. The maximum atomic E-state index is 11.7. The van der Waals surface area contributed by atoms with E-state index >= 15 is 0 Å². The molecule has 1 aromatic heterocycles. The van der Waals surface area contributed by atoms with Gasteiger partial charge in [0, 0.05) is 11.6 Å². The molecule has 0 spiro atoms. The Balaban J connectivity index is 1.83. The average Bonchev–Trinajstić information content (AvgIpc) is 3.06. The van der Waals surface area contributed by atoms with E-state index in [1.165, 1.54) is 12.1 Å². The van der Waals surface area contributed by atoms with Crippen molar-refractivity contribution in [1.82, 2.24) is 15.5 Å². The molecule has 4 N–H and O–H groups in total. The van der Waals surface area contributed by atoms with Gasteiger partial charge in [-0.3, -0.25) is 4.79 Å². The van der Waals surface area contributed by atoms with E-state index in [0.29, 0.717) is 5.56 Å². The minimum absolute atomic E-state index is 0.00598. The van der Waals surface area contributed by atoms with Crippen molar-refractivity contribution in [3.05, 3.63) is 24.0 Å². The molecule has 0 bridgehead atoms. The average molecular weight is 260 g/mol. The highest BCUT2D eigenvalue weighted by Crippen LogP contribution is 2.26. The van der Waals surface area contributed by atoms with Crippen LogP contribution in [0, 0.1) is 0 Å². The highest BCUT2D eigenvalue weighted by molar-refractivity contribution is 5.91. The van der Waals surface area contributed by atoms with E-state index in [1.807, 2.05) is 0 Å². The van der Waals surface area contributed by atoms with E-state index in [9.17, 15) is 9.90 Å². The van der Waals surface area contributed by atoms with Gasteiger partial charge in [-0.25, -0.2) is 0 Å². The topological polar surface area (TPSA) is 114 Å². The second-order valence-corrected chi connectivity index (χ2v) is 4.44. The Morgan fingerprint density at radius 3 is 2.95 bits per heavy atom. The number of hydrogen-bond acceptors (Lipinski definition) is 6. The summed E-state index contributed by atoms with van der Waals surface area (Å²) < 4.78 is 5.01. The van der Waals surface area contributed by atoms with Crippen LogP contribution in [0.3, 0.4) is 0 Å².